The fraction of sp³-hybridized carbons (Fsp3) is 0.333. The van der Waals surface area contributed by atoms with Gasteiger partial charge in [0.05, 0.1) is 11.9 Å². The van der Waals surface area contributed by atoms with Gasteiger partial charge in [0.15, 0.2) is 0 Å². The molecule has 1 amide bonds. The molecular weight excluding hydrogens is 238 g/mol. The van der Waals surface area contributed by atoms with E-state index in [1.165, 1.54) is 0 Å². The van der Waals surface area contributed by atoms with Crippen molar-refractivity contribution >= 4 is 5.91 Å². The Kier molecular flexibility index (Phi) is 4.34. The summed E-state index contributed by atoms with van der Waals surface area (Å²) in [5.41, 5.74) is 2.06. The highest BCUT2D eigenvalue weighted by Gasteiger charge is 2.09. The highest BCUT2D eigenvalue weighted by atomic mass is 16.2. The van der Waals surface area contributed by atoms with Crippen molar-refractivity contribution in [2.24, 2.45) is 0 Å². The monoisotopic (exact) mass is 257 g/mol. The fourth-order valence-electron chi connectivity index (χ4n) is 1.93. The largest absolute Gasteiger partial charge is 0.341 e. The minimum absolute atomic E-state index is 0.176. The van der Waals surface area contributed by atoms with Crippen LogP contribution in [0.2, 0.25) is 0 Å². The van der Waals surface area contributed by atoms with E-state index in [0.29, 0.717) is 13.0 Å². The van der Waals surface area contributed by atoms with E-state index in [1.807, 2.05) is 61.4 Å². The molecule has 0 aliphatic rings. The van der Waals surface area contributed by atoms with Crippen molar-refractivity contribution in [3.8, 4) is 5.69 Å². The van der Waals surface area contributed by atoms with Crippen LogP contribution in [0.1, 0.15) is 25.3 Å². The first-order chi connectivity index (χ1) is 9.20. The molecule has 0 aliphatic carbocycles. The van der Waals surface area contributed by atoms with E-state index in [4.69, 9.17) is 0 Å². The lowest BCUT2D eigenvalue weighted by Gasteiger charge is -2.15. The number of benzene rings is 1. The van der Waals surface area contributed by atoms with Crippen molar-refractivity contribution in [1.29, 1.82) is 0 Å². The van der Waals surface area contributed by atoms with Crippen molar-refractivity contribution in [3.63, 3.8) is 0 Å². The molecule has 0 radical (unpaired) electrons. The maximum absolute atomic E-state index is 11.7. The summed E-state index contributed by atoms with van der Waals surface area (Å²) in [4.78, 5) is 13.5. The zero-order valence-electron chi connectivity index (χ0n) is 11.4. The van der Waals surface area contributed by atoms with Crippen molar-refractivity contribution < 1.29 is 4.79 Å². The molecule has 19 heavy (non-hydrogen) atoms. The number of carbonyl (C=O) groups excluding carboxylic acids is 1. The summed E-state index contributed by atoms with van der Waals surface area (Å²) in [7, 11) is 1.83. The Balaban J connectivity index is 2.04. The van der Waals surface area contributed by atoms with Crippen molar-refractivity contribution in [2.75, 3.05) is 7.05 Å². The molecule has 4 heteroatoms. The lowest BCUT2D eigenvalue weighted by Crippen LogP contribution is -2.25. The van der Waals surface area contributed by atoms with Gasteiger partial charge in [-0.1, -0.05) is 25.1 Å². The molecule has 0 spiro atoms. The summed E-state index contributed by atoms with van der Waals surface area (Å²) in [5, 5.41) is 4.32. The molecule has 2 rings (SSSR count). The van der Waals surface area contributed by atoms with Gasteiger partial charge in [0.1, 0.15) is 0 Å². The van der Waals surface area contributed by atoms with Gasteiger partial charge in [-0.3, -0.25) is 4.79 Å². The number of nitrogens with zero attached hydrogens (tertiary/aromatic N) is 3. The minimum atomic E-state index is 0.176. The predicted octanol–water partition coefficient (Wildman–Crippen LogP) is 2.63. The van der Waals surface area contributed by atoms with Crippen molar-refractivity contribution in [3.05, 3.63) is 48.3 Å². The van der Waals surface area contributed by atoms with Crippen LogP contribution < -0.4 is 0 Å². The molecule has 1 heterocycles. The van der Waals surface area contributed by atoms with Gasteiger partial charge in [-0.15, -0.1) is 0 Å². The van der Waals surface area contributed by atoms with Crippen LogP contribution in [-0.4, -0.2) is 27.6 Å². The normalized spacial score (nSPS) is 10.4. The van der Waals surface area contributed by atoms with Gasteiger partial charge in [-0.2, -0.15) is 5.10 Å². The van der Waals surface area contributed by atoms with Gasteiger partial charge < -0.3 is 4.90 Å². The molecule has 0 bridgehead atoms. The predicted molar refractivity (Wildman–Crippen MR) is 74.9 cm³/mol. The van der Waals surface area contributed by atoms with Crippen LogP contribution in [-0.2, 0) is 11.3 Å². The first-order valence-electron chi connectivity index (χ1n) is 6.53. The Labute approximate surface area is 113 Å². The number of carbonyl (C=O) groups is 1. The molecule has 0 aliphatic heterocycles. The molecule has 4 nitrogen and oxygen atoms in total. The quantitative estimate of drug-likeness (QED) is 0.826. The van der Waals surface area contributed by atoms with Gasteiger partial charge in [0.25, 0.3) is 0 Å². The third kappa shape index (κ3) is 3.44. The second kappa shape index (κ2) is 6.18. The molecule has 0 unspecified atom stereocenters. The van der Waals surface area contributed by atoms with Gasteiger partial charge >= 0.3 is 0 Å². The SMILES string of the molecule is CCCC(=O)N(C)Cc1cnn(-c2ccccc2)c1. The third-order valence-corrected chi connectivity index (χ3v) is 2.97. The third-order valence-electron chi connectivity index (χ3n) is 2.97. The van der Waals surface area contributed by atoms with E-state index < -0.39 is 0 Å². The van der Waals surface area contributed by atoms with E-state index in [-0.39, 0.29) is 5.91 Å². The zero-order chi connectivity index (χ0) is 13.7. The van der Waals surface area contributed by atoms with Crippen LogP contribution in [0.4, 0.5) is 0 Å². The maximum Gasteiger partial charge on any atom is 0.222 e. The van der Waals surface area contributed by atoms with Gasteiger partial charge in [0, 0.05) is 31.8 Å². The topological polar surface area (TPSA) is 38.1 Å². The second-order valence-corrected chi connectivity index (χ2v) is 4.63. The summed E-state index contributed by atoms with van der Waals surface area (Å²) < 4.78 is 1.83. The lowest BCUT2D eigenvalue weighted by atomic mass is 10.2. The molecule has 1 aromatic heterocycles. The van der Waals surface area contributed by atoms with Crippen molar-refractivity contribution in [2.45, 2.75) is 26.3 Å². The average Bonchev–Trinajstić information content (AvgIpc) is 2.88. The van der Waals surface area contributed by atoms with Crippen LogP contribution in [0.15, 0.2) is 42.7 Å². The standard InChI is InChI=1S/C15H19N3O/c1-3-7-15(19)17(2)11-13-10-16-18(12-13)14-8-5-4-6-9-14/h4-6,8-10,12H,3,7,11H2,1-2H3. The molecule has 0 saturated heterocycles. The molecule has 2 aromatic rings. The van der Waals surface area contributed by atoms with Crippen LogP contribution in [0.5, 0.6) is 0 Å². The van der Waals surface area contributed by atoms with Gasteiger partial charge in [0.2, 0.25) is 5.91 Å². The smallest absolute Gasteiger partial charge is 0.222 e. The molecule has 1 aromatic carbocycles. The van der Waals surface area contributed by atoms with E-state index in [1.54, 1.807) is 4.90 Å². The summed E-state index contributed by atoms with van der Waals surface area (Å²) in [6.45, 7) is 2.62. The summed E-state index contributed by atoms with van der Waals surface area (Å²) in [6.07, 6.45) is 5.25. The highest BCUT2D eigenvalue weighted by molar-refractivity contribution is 5.75. The summed E-state index contributed by atoms with van der Waals surface area (Å²) in [6, 6.07) is 9.94. The molecule has 0 atom stereocenters. The van der Waals surface area contributed by atoms with Crippen molar-refractivity contribution in [1.82, 2.24) is 14.7 Å². The number of para-hydroxylation sites is 1. The van der Waals surface area contributed by atoms with Gasteiger partial charge in [-0.05, 0) is 18.6 Å². The minimum Gasteiger partial charge on any atom is -0.341 e. The average molecular weight is 257 g/mol. The molecule has 100 valence electrons. The Bertz CT molecular complexity index is 533. The van der Waals surface area contributed by atoms with E-state index in [0.717, 1.165) is 17.7 Å². The summed E-state index contributed by atoms with van der Waals surface area (Å²) in [5.74, 6) is 0.176. The van der Waals surface area contributed by atoms with Crippen LogP contribution >= 0.6 is 0 Å². The first kappa shape index (κ1) is 13.3. The Morgan fingerprint density at radius 2 is 2.05 bits per heavy atom. The molecule has 0 fully saturated rings. The van der Waals surface area contributed by atoms with E-state index in [2.05, 4.69) is 5.10 Å². The van der Waals surface area contributed by atoms with E-state index >= 15 is 0 Å². The Morgan fingerprint density at radius 3 is 2.74 bits per heavy atom. The Morgan fingerprint density at radius 1 is 1.32 bits per heavy atom. The zero-order valence-corrected chi connectivity index (χ0v) is 11.4. The maximum atomic E-state index is 11.7. The fourth-order valence-corrected chi connectivity index (χ4v) is 1.93. The lowest BCUT2D eigenvalue weighted by molar-refractivity contribution is -0.130. The van der Waals surface area contributed by atoms with Crippen LogP contribution in [0.3, 0.4) is 0 Å². The van der Waals surface area contributed by atoms with E-state index in [9.17, 15) is 4.79 Å². The molecule has 0 saturated carbocycles. The first-order valence-corrected chi connectivity index (χ1v) is 6.53. The Hall–Kier alpha value is -2.10. The number of hydrogen-bond acceptors (Lipinski definition) is 2. The van der Waals surface area contributed by atoms with Crippen LogP contribution in [0.25, 0.3) is 5.69 Å². The number of aromatic nitrogens is 2. The van der Waals surface area contributed by atoms with Crippen LogP contribution in [0, 0.1) is 0 Å². The second-order valence-electron chi connectivity index (χ2n) is 4.63. The number of rotatable bonds is 5. The molecular formula is C15H19N3O. The van der Waals surface area contributed by atoms with Gasteiger partial charge in [-0.25, -0.2) is 4.68 Å². The number of amides is 1. The molecule has 0 N–H and O–H groups in total. The highest BCUT2D eigenvalue weighted by Crippen LogP contribution is 2.09. The number of hydrogen-bond donors (Lipinski definition) is 0. The summed E-state index contributed by atoms with van der Waals surface area (Å²) >= 11 is 0.